The maximum Gasteiger partial charge on any atom is 0.162 e. The number of rotatable bonds is 7. The van der Waals surface area contributed by atoms with Gasteiger partial charge in [-0.2, -0.15) is 0 Å². The molecule has 0 N–H and O–H groups in total. The number of Topliss-reactive ketones (excluding diaryl/α,β-unsaturated/α-hetero) is 1. The second-order valence-corrected chi connectivity index (χ2v) is 5.56. The van der Waals surface area contributed by atoms with Crippen LogP contribution in [0.2, 0.25) is 0 Å². The molecule has 2 aromatic carbocycles. The van der Waals surface area contributed by atoms with Crippen molar-refractivity contribution < 1.29 is 4.79 Å². The Kier molecular flexibility index (Phi) is 5.70. The molecule has 2 nitrogen and oxygen atoms in total. The van der Waals surface area contributed by atoms with Crippen molar-refractivity contribution in [3.63, 3.8) is 0 Å². The first-order valence-electron chi connectivity index (χ1n) is 7.48. The molecule has 0 saturated carbocycles. The molecule has 0 saturated heterocycles. The molecule has 0 amide bonds. The van der Waals surface area contributed by atoms with Crippen molar-refractivity contribution >= 4 is 5.78 Å². The first kappa shape index (κ1) is 15.5. The number of hydrogen-bond acceptors (Lipinski definition) is 2. The number of ketones is 1. The normalized spacial score (nSPS) is 10.8. The molecule has 21 heavy (non-hydrogen) atoms. The SMILES string of the molecule is Cc1ccccc1CN(C)CCCC(=O)c1ccccc1. The summed E-state index contributed by atoms with van der Waals surface area (Å²) in [5, 5.41) is 0. The van der Waals surface area contributed by atoms with Gasteiger partial charge in [0, 0.05) is 18.5 Å². The van der Waals surface area contributed by atoms with Gasteiger partial charge >= 0.3 is 0 Å². The van der Waals surface area contributed by atoms with E-state index in [0.29, 0.717) is 6.42 Å². The molecular weight excluding hydrogens is 258 g/mol. The van der Waals surface area contributed by atoms with Crippen LogP contribution >= 0.6 is 0 Å². The zero-order chi connectivity index (χ0) is 15.1. The van der Waals surface area contributed by atoms with E-state index in [1.807, 2.05) is 30.3 Å². The summed E-state index contributed by atoms with van der Waals surface area (Å²) in [6.45, 7) is 4.02. The van der Waals surface area contributed by atoms with E-state index >= 15 is 0 Å². The van der Waals surface area contributed by atoms with Crippen LogP contribution in [0.15, 0.2) is 54.6 Å². The molecule has 0 bridgehead atoms. The number of carbonyl (C=O) groups is 1. The summed E-state index contributed by atoms with van der Waals surface area (Å²) in [4.78, 5) is 14.3. The molecule has 0 aromatic heterocycles. The average molecular weight is 281 g/mol. The van der Waals surface area contributed by atoms with E-state index in [1.54, 1.807) is 0 Å². The van der Waals surface area contributed by atoms with Crippen LogP contribution in [0.5, 0.6) is 0 Å². The summed E-state index contributed by atoms with van der Waals surface area (Å²) in [5.74, 6) is 0.236. The molecule has 0 atom stereocenters. The van der Waals surface area contributed by atoms with Gasteiger partial charge in [-0.15, -0.1) is 0 Å². The Morgan fingerprint density at radius 2 is 1.67 bits per heavy atom. The topological polar surface area (TPSA) is 20.3 Å². The highest BCUT2D eigenvalue weighted by molar-refractivity contribution is 5.95. The predicted octanol–water partition coefficient (Wildman–Crippen LogP) is 4.09. The minimum atomic E-state index is 0.236. The highest BCUT2D eigenvalue weighted by Crippen LogP contribution is 2.11. The molecule has 0 aliphatic carbocycles. The lowest BCUT2D eigenvalue weighted by Gasteiger charge is -2.17. The van der Waals surface area contributed by atoms with Gasteiger partial charge in [0.05, 0.1) is 0 Å². The summed E-state index contributed by atoms with van der Waals surface area (Å²) in [7, 11) is 2.11. The van der Waals surface area contributed by atoms with Crippen molar-refractivity contribution in [3.8, 4) is 0 Å². The Hall–Kier alpha value is -1.93. The van der Waals surface area contributed by atoms with Crippen LogP contribution in [-0.4, -0.2) is 24.3 Å². The number of hydrogen-bond donors (Lipinski definition) is 0. The summed E-state index contributed by atoms with van der Waals surface area (Å²) in [6.07, 6.45) is 1.51. The van der Waals surface area contributed by atoms with Gasteiger partial charge in [0.2, 0.25) is 0 Å². The minimum Gasteiger partial charge on any atom is -0.302 e. The first-order chi connectivity index (χ1) is 10.2. The fourth-order valence-electron chi connectivity index (χ4n) is 2.44. The van der Waals surface area contributed by atoms with E-state index in [-0.39, 0.29) is 5.78 Å². The van der Waals surface area contributed by atoms with Crippen molar-refractivity contribution in [2.45, 2.75) is 26.3 Å². The molecule has 0 radical (unpaired) electrons. The molecule has 110 valence electrons. The van der Waals surface area contributed by atoms with Crippen molar-refractivity contribution in [1.82, 2.24) is 4.90 Å². The van der Waals surface area contributed by atoms with Gasteiger partial charge in [-0.3, -0.25) is 4.79 Å². The van der Waals surface area contributed by atoms with E-state index in [4.69, 9.17) is 0 Å². The Balaban J connectivity index is 1.76. The van der Waals surface area contributed by atoms with Crippen LogP contribution < -0.4 is 0 Å². The Bertz CT molecular complexity index is 577. The van der Waals surface area contributed by atoms with E-state index in [1.165, 1.54) is 11.1 Å². The van der Waals surface area contributed by atoms with Gasteiger partial charge in [0.25, 0.3) is 0 Å². The summed E-state index contributed by atoms with van der Waals surface area (Å²) >= 11 is 0. The third-order valence-corrected chi connectivity index (χ3v) is 3.74. The van der Waals surface area contributed by atoms with Gasteiger partial charge in [-0.1, -0.05) is 54.6 Å². The molecule has 0 heterocycles. The maximum absolute atomic E-state index is 12.0. The van der Waals surface area contributed by atoms with Crippen molar-refractivity contribution in [3.05, 3.63) is 71.3 Å². The second-order valence-electron chi connectivity index (χ2n) is 5.56. The largest absolute Gasteiger partial charge is 0.302 e. The van der Waals surface area contributed by atoms with Gasteiger partial charge < -0.3 is 4.90 Å². The molecule has 0 fully saturated rings. The standard InChI is InChI=1S/C19H23NO/c1-16-9-6-7-12-18(16)15-20(2)14-8-13-19(21)17-10-4-3-5-11-17/h3-7,9-12H,8,13-15H2,1-2H3. The second kappa shape index (κ2) is 7.75. The fourth-order valence-corrected chi connectivity index (χ4v) is 2.44. The average Bonchev–Trinajstić information content (AvgIpc) is 2.50. The van der Waals surface area contributed by atoms with Crippen LogP contribution in [0.25, 0.3) is 0 Å². The van der Waals surface area contributed by atoms with Crippen LogP contribution in [-0.2, 0) is 6.54 Å². The van der Waals surface area contributed by atoms with Crippen LogP contribution in [0.4, 0.5) is 0 Å². The molecule has 0 unspecified atom stereocenters. The quantitative estimate of drug-likeness (QED) is 0.712. The van der Waals surface area contributed by atoms with E-state index in [9.17, 15) is 4.79 Å². The van der Waals surface area contributed by atoms with Gasteiger partial charge in [-0.25, -0.2) is 0 Å². The van der Waals surface area contributed by atoms with Crippen molar-refractivity contribution in [2.75, 3.05) is 13.6 Å². The molecule has 2 rings (SSSR count). The lowest BCUT2D eigenvalue weighted by atomic mass is 10.1. The van der Waals surface area contributed by atoms with Gasteiger partial charge in [-0.05, 0) is 38.1 Å². The fraction of sp³-hybridized carbons (Fsp3) is 0.316. The lowest BCUT2D eigenvalue weighted by molar-refractivity contribution is 0.0976. The molecule has 0 spiro atoms. The molecule has 0 aliphatic rings. The summed E-state index contributed by atoms with van der Waals surface area (Å²) < 4.78 is 0. The minimum absolute atomic E-state index is 0.236. The van der Waals surface area contributed by atoms with E-state index in [0.717, 1.165) is 25.1 Å². The van der Waals surface area contributed by atoms with Crippen molar-refractivity contribution in [2.24, 2.45) is 0 Å². The Labute approximate surface area is 127 Å². The summed E-state index contributed by atoms with van der Waals surface area (Å²) in [6, 6.07) is 18.0. The van der Waals surface area contributed by atoms with Gasteiger partial charge in [0.1, 0.15) is 0 Å². The number of aryl methyl sites for hydroxylation is 1. The van der Waals surface area contributed by atoms with Crippen LogP contribution in [0.3, 0.4) is 0 Å². The summed E-state index contributed by atoms with van der Waals surface area (Å²) in [5.41, 5.74) is 3.50. The van der Waals surface area contributed by atoms with Crippen LogP contribution in [0.1, 0.15) is 34.3 Å². The van der Waals surface area contributed by atoms with E-state index < -0.39 is 0 Å². The first-order valence-corrected chi connectivity index (χ1v) is 7.48. The lowest BCUT2D eigenvalue weighted by Crippen LogP contribution is -2.20. The number of carbonyl (C=O) groups excluding carboxylic acids is 1. The zero-order valence-electron chi connectivity index (χ0n) is 12.9. The monoisotopic (exact) mass is 281 g/mol. The van der Waals surface area contributed by atoms with Crippen LogP contribution in [0, 0.1) is 6.92 Å². The highest BCUT2D eigenvalue weighted by Gasteiger charge is 2.07. The zero-order valence-corrected chi connectivity index (χ0v) is 12.9. The third kappa shape index (κ3) is 4.83. The number of nitrogens with zero attached hydrogens (tertiary/aromatic N) is 1. The predicted molar refractivity (Wildman–Crippen MR) is 87.5 cm³/mol. The smallest absolute Gasteiger partial charge is 0.162 e. The molecular formula is C19H23NO. The third-order valence-electron chi connectivity index (χ3n) is 3.74. The maximum atomic E-state index is 12.0. The number of benzene rings is 2. The van der Waals surface area contributed by atoms with Crippen molar-refractivity contribution in [1.29, 1.82) is 0 Å². The Morgan fingerprint density at radius 1 is 1.00 bits per heavy atom. The molecule has 2 aromatic rings. The molecule has 0 aliphatic heterocycles. The highest BCUT2D eigenvalue weighted by atomic mass is 16.1. The Morgan fingerprint density at radius 3 is 2.38 bits per heavy atom. The van der Waals surface area contributed by atoms with E-state index in [2.05, 4.69) is 43.1 Å². The molecule has 2 heteroatoms. The van der Waals surface area contributed by atoms with Gasteiger partial charge in [0.15, 0.2) is 5.78 Å².